The highest BCUT2D eigenvalue weighted by molar-refractivity contribution is 7.99. The predicted octanol–water partition coefficient (Wildman–Crippen LogP) is 3.67. The van der Waals surface area contributed by atoms with Crippen molar-refractivity contribution in [2.75, 3.05) is 5.75 Å². The third kappa shape index (κ3) is 3.53. The van der Waals surface area contributed by atoms with Crippen LogP contribution in [0.25, 0.3) is 10.7 Å². The van der Waals surface area contributed by atoms with Gasteiger partial charge in [-0.15, -0.1) is 16.4 Å². The molecular weight excluding hydrogens is 302 g/mol. The Morgan fingerprint density at radius 1 is 1.29 bits per heavy atom. The number of thiophene rings is 1. The van der Waals surface area contributed by atoms with E-state index in [1.165, 1.54) is 17.3 Å². The van der Waals surface area contributed by atoms with Gasteiger partial charge in [0.05, 0.1) is 11.0 Å². The molecule has 2 N–H and O–H groups in total. The average Bonchev–Trinajstić information content (AvgIpc) is 3.16. The summed E-state index contributed by atoms with van der Waals surface area (Å²) in [5.74, 6) is 1.31. The Labute approximate surface area is 131 Å². The SMILES string of the molecule is Cc1ccc(C(O)CSc2n[nH]c(-c3cccs3)n2)cc1. The van der Waals surface area contributed by atoms with Crippen molar-refractivity contribution in [3.8, 4) is 10.7 Å². The van der Waals surface area contributed by atoms with E-state index in [1.807, 2.05) is 48.7 Å². The summed E-state index contributed by atoms with van der Waals surface area (Å²) in [5, 5.41) is 19.9. The monoisotopic (exact) mass is 317 g/mol. The highest BCUT2D eigenvalue weighted by atomic mass is 32.2. The van der Waals surface area contributed by atoms with E-state index in [9.17, 15) is 5.11 Å². The Kier molecular flexibility index (Phi) is 4.38. The number of H-pyrrole nitrogens is 1. The van der Waals surface area contributed by atoms with E-state index in [2.05, 4.69) is 15.2 Å². The second-order valence-electron chi connectivity index (χ2n) is 4.68. The third-order valence-electron chi connectivity index (χ3n) is 3.05. The van der Waals surface area contributed by atoms with Crippen LogP contribution in [0, 0.1) is 6.92 Å². The zero-order chi connectivity index (χ0) is 14.7. The molecule has 2 aromatic heterocycles. The van der Waals surface area contributed by atoms with Crippen molar-refractivity contribution in [1.29, 1.82) is 0 Å². The first kappa shape index (κ1) is 14.3. The van der Waals surface area contributed by atoms with Crippen LogP contribution in [0.1, 0.15) is 17.2 Å². The number of hydrogen-bond donors (Lipinski definition) is 2. The molecule has 0 saturated carbocycles. The van der Waals surface area contributed by atoms with Crippen molar-refractivity contribution in [1.82, 2.24) is 15.2 Å². The smallest absolute Gasteiger partial charge is 0.208 e. The predicted molar refractivity (Wildman–Crippen MR) is 86.6 cm³/mol. The molecule has 0 aliphatic heterocycles. The van der Waals surface area contributed by atoms with Crippen molar-refractivity contribution in [3.63, 3.8) is 0 Å². The molecule has 4 nitrogen and oxygen atoms in total. The maximum absolute atomic E-state index is 10.2. The Bertz CT molecular complexity index is 692. The Balaban J connectivity index is 1.61. The molecule has 1 aromatic carbocycles. The number of aliphatic hydroxyl groups is 1. The molecule has 2 heterocycles. The molecule has 0 radical (unpaired) electrons. The highest BCUT2D eigenvalue weighted by Gasteiger charge is 2.11. The number of benzene rings is 1. The molecule has 0 amide bonds. The third-order valence-corrected chi connectivity index (χ3v) is 4.85. The number of rotatable bonds is 5. The van der Waals surface area contributed by atoms with Crippen LogP contribution in [0.5, 0.6) is 0 Å². The molecule has 21 heavy (non-hydrogen) atoms. The quantitative estimate of drug-likeness (QED) is 0.705. The Morgan fingerprint density at radius 2 is 2.10 bits per heavy atom. The summed E-state index contributed by atoms with van der Waals surface area (Å²) in [7, 11) is 0. The molecule has 1 atom stereocenters. The van der Waals surface area contributed by atoms with Crippen LogP contribution in [0.2, 0.25) is 0 Å². The lowest BCUT2D eigenvalue weighted by molar-refractivity contribution is 0.204. The van der Waals surface area contributed by atoms with E-state index < -0.39 is 6.10 Å². The maximum Gasteiger partial charge on any atom is 0.208 e. The summed E-state index contributed by atoms with van der Waals surface area (Å²) in [6.45, 7) is 2.03. The minimum Gasteiger partial charge on any atom is -0.388 e. The fraction of sp³-hybridized carbons (Fsp3) is 0.200. The number of aromatic amines is 1. The van der Waals surface area contributed by atoms with Crippen LogP contribution in [0.3, 0.4) is 0 Å². The lowest BCUT2D eigenvalue weighted by Crippen LogP contribution is -2.00. The summed E-state index contributed by atoms with van der Waals surface area (Å²) in [5.41, 5.74) is 2.11. The zero-order valence-corrected chi connectivity index (χ0v) is 13.1. The number of thioether (sulfide) groups is 1. The van der Waals surface area contributed by atoms with Gasteiger partial charge in [-0.1, -0.05) is 47.7 Å². The molecular formula is C15H15N3OS2. The van der Waals surface area contributed by atoms with E-state index in [0.717, 1.165) is 16.3 Å². The van der Waals surface area contributed by atoms with Crippen molar-refractivity contribution in [3.05, 3.63) is 52.9 Å². The van der Waals surface area contributed by atoms with E-state index >= 15 is 0 Å². The van der Waals surface area contributed by atoms with Crippen LogP contribution < -0.4 is 0 Å². The first-order valence-electron chi connectivity index (χ1n) is 6.56. The normalized spacial score (nSPS) is 12.5. The number of hydrogen-bond acceptors (Lipinski definition) is 5. The van der Waals surface area contributed by atoms with Crippen molar-refractivity contribution >= 4 is 23.1 Å². The van der Waals surface area contributed by atoms with Crippen LogP contribution in [-0.4, -0.2) is 26.0 Å². The number of aliphatic hydroxyl groups excluding tert-OH is 1. The number of aromatic nitrogens is 3. The summed E-state index contributed by atoms with van der Waals surface area (Å²) in [6.07, 6.45) is -0.515. The maximum atomic E-state index is 10.2. The van der Waals surface area contributed by atoms with Gasteiger partial charge in [0.2, 0.25) is 5.16 Å². The fourth-order valence-corrected chi connectivity index (χ4v) is 3.30. The molecule has 0 bridgehead atoms. The topological polar surface area (TPSA) is 61.8 Å². The minimum absolute atomic E-state index is 0.515. The van der Waals surface area contributed by atoms with Crippen molar-refractivity contribution < 1.29 is 5.11 Å². The highest BCUT2D eigenvalue weighted by Crippen LogP contribution is 2.26. The van der Waals surface area contributed by atoms with E-state index in [0.29, 0.717) is 10.9 Å². The lowest BCUT2D eigenvalue weighted by Gasteiger charge is -2.09. The van der Waals surface area contributed by atoms with Gasteiger partial charge < -0.3 is 5.11 Å². The molecule has 0 fully saturated rings. The van der Waals surface area contributed by atoms with Gasteiger partial charge in [0.15, 0.2) is 5.82 Å². The molecule has 1 unspecified atom stereocenters. The molecule has 3 aromatic rings. The van der Waals surface area contributed by atoms with Gasteiger partial charge in [0.1, 0.15) is 0 Å². The van der Waals surface area contributed by atoms with Crippen LogP contribution in [0.4, 0.5) is 0 Å². The zero-order valence-electron chi connectivity index (χ0n) is 11.5. The van der Waals surface area contributed by atoms with Gasteiger partial charge >= 0.3 is 0 Å². The van der Waals surface area contributed by atoms with E-state index in [1.54, 1.807) is 11.3 Å². The molecule has 6 heteroatoms. The van der Waals surface area contributed by atoms with Crippen LogP contribution >= 0.6 is 23.1 Å². The van der Waals surface area contributed by atoms with Crippen molar-refractivity contribution in [2.45, 2.75) is 18.2 Å². The first-order valence-corrected chi connectivity index (χ1v) is 8.42. The van der Waals surface area contributed by atoms with Gasteiger partial charge in [-0.2, -0.15) is 0 Å². The summed E-state index contributed by atoms with van der Waals surface area (Å²) >= 11 is 3.07. The van der Waals surface area contributed by atoms with Crippen LogP contribution in [0.15, 0.2) is 46.9 Å². The molecule has 0 spiro atoms. The second kappa shape index (κ2) is 6.43. The standard InChI is InChI=1S/C15H15N3OS2/c1-10-4-6-11(7-5-10)12(19)9-21-15-16-14(17-18-15)13-3-2-8-20-13/h2-8,12,19H,9H2,1H3,(H,16,17,18). The van der Waals surface area contributed by atoms with E-state index in [4.69, 9.17) is 0 Å². The van der Waals surface area contributed by atoms with Gasteiger partial charge in [-0.25, -0.2) is 4.98 Å². The average molecular weight is 317 g/mol. The number of nitrogens with zero attached hydrogens (tertiary/aromatic N) is 2. The summed E-state index contributed by atoms with van der Waals surface area (Å²) in [6, 6.07) is 11.9. The summed E-state index contributed by atoms with van der Waals surface area (Å²) in [4.78, 5) is 5.49. The lowest BCUT2D eigenvalue weighted by atomic mass is 10.1. The molecule has 3 rings (SSSR count). The molecule has 108 valence electrons. The number of aryl methyl sites for hydroxylation is 1. The molecule has 0 aliphatic rings. The van der Waals surface area contributed by atoms with Gasteiger partial charge in [0.25, 0.3) is 0 Å². The van der Waals surface area contributed by atoms with Gasteiger partial charge in [-0.3, -0.25) is 5.10 Å². The number of nitrogens with one attached hydrogen (secondary N) is 1. The Morgan fingerprint density at radius 3 is 2.81 bits per heavy atom. The molecule has 0 saturated heterocycles. The van der Waals surface area contributed by atoms with Gasteiger partial charge in [-0.05, 0) is 23.9 Å². The summed E-state index contributed by atoms with van der Waals surface area (Å²) < 4.78 is 0. The largest absolute Gasteiger partial charge is 0.388 e. The fourth-order valence-electron chi connectivity index (χ4n) is 1.87. The minimum atomic E-state index is -0.515. The molecule has 0 aliphatic carbocycles. The van der Waals surface area contributed by atoms with Gasteiger partial charge in [0, 0.05) is 5.75 Å². The second-order valence-corrected chi connectivity index (χ2v) is 6.62. The van der Waals surface area contributed by atoms with E-state index in [-0.39, 0.29) is 0 Å². The Hall–Kier alpha value is -1.63. The first-order chi connectivity index (χ1) is 10.2. The van der Waals surface area contributed by atoms with Crippen molar-refractivity contribution in [2.24, 2.45) is 0 Å². The van der Waals surface area contributed by atoms with Crippen LogP contribution in [-0.2, 0) is 0 Å².